The summed E-state index contributed by atoms with van der Waals surface area (Å²) in [4.78, 5) is 26.4. The van der Waals surface area contributed by atoms with Gasteiger partial charge >= 0.3 is 5.97 Å². The molecule has 1 atom stereocenters. The maximum absolute atomic E-state index is 12.5. The molecule has 1 amide bonds. The van der Waals surface area contributed by atoms with Crippen LogP contribution in [0.5, 0.6) is 0 Å². The number of rotatable bonds is 7. The summed E-state index contributed by atoms with van der Waals surface area (Å²) in [7, 11) is 0. The van der Waals surface area contributed by atoms with E-state index in [1.54, 1.807) is 11.8 Å². The maximum atomic E-state index is 12.5. The highest BCUT2D eigenvalue weighted by Crippen LogP contribution is 2.28. The second-order valence-electron chi connectivity index (χ2n) is 6.03. The molecule has 0 bridgehead atoms. The van der Waals surface area contributed by atoms with E-state index in [0.717, 1.165) is 18.4 Å². The van der Waals surface area contributed by atoms with Gasteiger partial charge in [0.1, 0.15) is 6.54 Å². The maximum Gasteiger partial charge on any atom is 0.308 e. The predicted octanol–water partition coefficient (Wildman–Crippen LogP) is 1.05. The van der Waals surface area contributed by atoms with Gasteiger partial charge in [-0.1, -0.05) is 37.3 Å². The number of tetrazole rings is 1. The first kappa shape index (κ1) is 16.1. The lowest BCUT2D eigenvalue weighted by Crippen LogP contribution is -2.40. The molecule has 1 saturated carbocycles. The van der Waals surface area contributed by atoms with E-state index in [1.165, 1.54) is 4.80 Å². The van der Waals surface area contributed by atoms with Gasteiger partial charge in [0.05, 0.1) is 5.92 Å². The van der Waals surface area contributed by atoms with Crippen molar-refractivity contribution < 1.29 is 14.7 Å². The van der Waals surface area contributed by atoms with Crippen LogP contribution in [0.15, 0.2) is 30.3 Å². The Bertz CT molecular complexity index is 726. The quantitative estimate of drug-likeness (QED) is 0.815. The number of carboxylic acids is 1. The second-order valence-corrected chi connectivity index (χ2v) is 6.03. The van der Waals surface area contributed by atoms with E-state index >= 15 is 0 Å². The second kappa shape index (κ2) is 6.77. The van der Waals surface area contributed by atoms with Crippen LogP contribution in [0.3, 0.4) is 0 Å². The number of aromatic nitrogens is 4. The van der Waals surface area contributed by atoms with Crippen LogP contribution in [0.25, 0.3) is 11.4 Å². The van der Waals surface area contributed by atoms with Gasteiger partial charge in [0.25, 0.3) is 0 Å². The van der Waals surface area contributed by atoms with Gasteiger partial charge in [0.2, 0.25) is 11.7 Å². The Kier molecular flexibility index (Phi) is 4.54. The third-order valence-electron chi connectivity index (χ3n) is 3.96. The fraction of sp³-hybridized carbons (Fsp3) is 0.438. The molecule has 2 aromatic rings. The molecule has 1 fully saturated rings. The topological polar surface area (TPSA) is 101 Å². The number of amides is 1. The summed E-state index contributed by atoms with van der Waals surface area (Å²) in [5.41, 5.74) is 0.828. The summed E-state index contributed by atoms with van der Waals surface area (Å²) in [5, 5.41) is 21.2. The highest BCUT2D eigenvalue weighted by molar-refractivity contribution is 5.78. The van der Waals surface area contributed by atoms with Crippen molar-refractivity contribution in [2.45, 2.75) is 32.4 Å². The molecule has 1 aromatic heterocycles. The molecule has 8 heteroatoms. The minimum Gasteiger partial charge on any atom is -0.481 e. The van der Waals surface area contributed by atoms with Crippen LogP contribution < -0.4 is 0 Å². The Morgan fingerprint density at radius 3 is 2.67 bits per heavy atom. The predicted molar refractivity (Wildman–Crippen MR) is 84.8 cm³/mol. The van der Waals surface area contributed by atoms with Gasteiger partial charge in [-0.15, -0.1) is 10.2 Å². The minimum absolute atomic E-state index is 0.0390. The van der Waals surface area contributed by atoms with Gasteiger partial charge in [-0.2, -0.15) is 4.80 Å². The van der Waals surface area contributed by atoms with E-state index in [0.29, 0.717) is 5.82 Å². The summed E-state index contributed by atoms with van der Waals surface area (Å²) in [6, 6.07) is 9.53. The Morgan fingerprint density at radius 1 is 1.33 bits per heavy atom. The van der Waals surface area contributed by atoms with Crippen LogP contribution in [0.1, 0.15) is 19.8 Å². The lowest BCUT2D eigenvalue weighted by Gasteiger charge is -2.23. The number of hydrogen-bond acceptors (Lipinski definition) is 5. The molecule has 1 heterocycles. The van der Waals surface area contributed by atoms with E-state index < -0.39 is 11.9 Å². The van der Waals surface area contributed by atoms with Crippen LogP contribution in [0.4, 0.5) is 0 Å². The van der Waals surface area contributed by atoms with E-state index in [-0.39, 0.29) is 25.0 Å². The molecule has 0 aliphatic heterocycles. The molecule has 1 aliphatic carbocycles. The van der Waals surface area contributed by atoms with Crippen LogP contribution in [-0.4, -0.2) is 54.7 Å². The Labute approximate surface area is 139 Å². The van der Waals surface area contributed by atoms with Crippen molar-refractivity contribution in [3.05, 3.63) is 30.3 Å². The lowest BCUT2D eigenvalue weighted by molar-refractivity contribution is -0.143. The van der Waals surface area contributed by atoms with Crippen molar-refractivity contribution in [3.63, 3.8) is 0 Å². The molecule has 0 saturated heterocycles. The fourth-order valence-electron chi connectivity index (χ4n) is 2.44. The standard InChI is InChI=1S/C16H19N5O3/c1-11(16(23)24)9-20(13-7-8-13)14(22)10-21-18-15(17-19-21)12-5-3-2-4-6-12/h2-6,11,13H,7-10H2,1H3,(H,23,24). The molecule has 0 radical (unpaired) electrons. The SMILES string of the molecule is CC(CN(C(=O)Cn1nnc(-c2ccccc2)n1)C1CC1)C(=O)O. The van der Waals surface area contributed by atoms with E-state index in [1.807, 2.05) is 30.3 Å². The highest BCUT2D eigenvalue weighted by Gasteiger charge is 2.34. The van der Waals surface area contributed by atoms with Crippen molar-refractivity contribution in [2.24, 2.45) is 5.92 Å². The molecular weight excluding hydrogens is 310 g/mol. The molecule has 8 nitrogen and oxygen atoms in total. The van der Waals surface area contributed by atoms with Gasteiger partial charge in [-0.25, -0.2) is 0 Å². The third kappa shape index (κ3) is 3.76. The molecule has 1 unspecified atom stereocenters. The van der Waals surface area contributed by atoms with Crippen LogP contribution in [0, 0.1) is 5.92 Å². The van der Waals surface area contributed by atoms with Crippen LogP contribution in [0.2, 0.25) is 0 Å². The Balaban J connectivity index is 1.67. The summed E-state index contributed by atoms with van der Waals surface area (Å²) in [6.45, 7) is 1.77. The van der Waals surface area contributed by atoms with Gasteiger partial charge in [-0.3, -0.25) is 9.59 Å². The summed E-state index contributed by atoms with van der Waals surface area (Å²) in [6.07, 6.45) is 1.83. The molecular formula is C16H19N5O3. The third-order valence-corrected chi connectivity index (χ3v) is 3.96. The Hall–Kier alpha value is -2.77. The van der Waals surface area contributed by atoms with Gasteiger partial charge < -0.3 is 10.0 Å². The van der Waals surface area contributed by atoms with Crippen LogP contribution >= 0.6 is 0 Å². The number of carbonyl (C=O) groups is 2. The number of aliphatic carboxylic acids is 1. The van der Waals surface area contributed by atoms with Crippen molar-refractivity contribution in [1.82, 2.24) is 25.1 Å². The lowest BCUT2D eigenvalue weighted by atomic mass is 10.1. The zero-order valence-electron chi connectivity index (χ0n) is 13.4. The normalized spacial score (nSPS) is 15.0. The smallest absolute Gasteiger partial charge is 0.308 e. The zero-order valence-corrected chi connectivity index (χ0v) is 13.4. The molecule has 1 aliphatic rings. The van der Waals surface area contributed by atoms with E-state index in [4.69, 9.17) is 5.11 Å². The number of carbonyl (C=O) groups excluding carboxylic acids is 1. The largest absolute Gasteiger partial charge is 0.481 e. The first-order valence-electron chi connectivity index (χ1n) is 7.90. The van der Waals surface area contributed by atoms with Crippen LogP contribution in [-0.2, 0) is 16.1 Å². The first-order valence-corrected chi connectivity index (χ1v) is 7.90. The number of nitrogens with zero attached hydrogens (tertiary/aromatic N) is 5. The summed E-state index contributed by atoms with van der Waals surface area (Å²) in [5.74, 6) is -1.22. The van der Waals surface area contributed by atoms with E-state index in [2.05, 4.69) is 15.4 Å². The van der Waals surface area contributed by atoms with Crippen molar-refractivity contribution in [1.29, 1.82) is 0 Å². The average Bonchev–Trinajstić information content (AvgIpc) is 3.31. The van der Waals surface area contributed by atoms with Gasteiger partial charge in [0, 0.05) is 18.2 Å². The molecule has 3 rings (SSSR count). The van der Waals surface area contributed by atoms with Gasteiger partial charge in [0.15, 0.2) is 0 Å². The molecule has 126 valence electrons. The minimum atomic E-state index is -0.904. The molecule has 1 N–H and O–H groups in total. The number of benzene rings is 1. The number of hydrogen-bond donors (Lipinski definition) is 1. The monoisotopic (exact) mass is 329 g/mol. The zero-order chi connectivity index (χ0) is 17.1. The van der Waals surface area contributed by atoms with Crippen molar-refractivity contribution in [3.8, 4) is 11.4 Å². The van der Waals surface area contributed by atoms with Crippen molar-refractivity contribution >= 4 is 11.9 Å². The average molecular weight is 329 g/mol. The Morgan fingerprint density at radius 2 is 2.04 bits per heavy atom. The summed E-state index contributed by atoms with van der Waals surface area (Å²) >= 11 is 0. The molecule has 1 aromatic carbocycles. The van der Waals surface area contributed by atoms with E-state index in [9.17, 15) is 9.59 Å². The fourth-order valence-corrected chi connectivity index (χ4v) is 2.44. The first-order chi connectivity index (χ1) is 11.5. The highest BCUT2D eigenvalue weighted by atomic mass is 16.4. The van der Waals surface area contributed by atoms with Crippen molar-refractivity contribution in [2.75, 3.05) is 6.54 Å². The van der Waals surface area contributed by atoms with Gasteiger partial charge in [-0.05, 0) is 18.1 Å². The molecule has 24 heavy (non-hydrogen) atoms. The summed E-state index contributed by atoms with van der Waals surface area (Å²) < 4.78 is 0. The number of carboxylic acid groups (broad SMARTS) is 1. The molecule has 0 spiro atoms.